The average Bonchev–Trinajstić information content (AvgIpc) is 3.31. The van der Waals surface area contributed by atoms with E-state index in [0.29, 0.717) is 6.54 Å². The first-order chi connectivity index (χ1) is 15.7. The number of aliphatic hydroxyl groups excluding tert-OH is 1. The molecular weight excluding hydrogens is 404 g/mol. The molecular formula is C26H28N2O4. The van der Waals surface area contributed by atoms with Gasteiger partial charge in [0.15, 0.2) is 11.5 Å². The number of benzene rings is 3. The molecule has 1 atom stereocenters. The molecule has 0 bridgehead atoms. The zero-order chi connectivity index (χ0) is 21.9. The van der Waals surface area contributed by atoms with Gasteiger partial charge >= 0.3 is 0 Å². The van der Waals surface area contributed by atoms with Crippen LogP contribution in [0.15, 0.2) is 60.7 Å². The Kier molecular flexibility index (Phi) is 5.97. The van der Waals surface area contributed by atoms with Gasteiger partial charge < -0.3 is 19.9 Å². The number of carbonyl (C=O) groups is 1. The smallest absolute Gasteiger partial charge is 0.231 e. The van der Waals surface area contributed by atoms with Gasteiger partial charge in [-0.3, -0.25) is 9.69 Å². The molecule has 1 amide bonds. The van der Waals surface area contributed by atoms with Crippen molar-refractivity contribution in [2.24, 2.45) is 5.92 Å². The van der Waals surface area contributed by atoms with E-state index in [1.807, 2.05) is 30.3 Å². The van der Waals surface area contributed by atoms with Gasteiger partial charge in [-0.15, -0.1) is 0 Å². The van der Waals surface area contributed by atoms with Crippen molar-refractivity contribution >= 4 is 16.7 Å². The van der Waals surface area contributed by atoms with Gasteiger partial charge in [0.2, 0.25) is 12.7 Å². The van der Waals surface area contributed by atoms with Crippen LogP contribution in [0.4, 0.5) is 0 Å². The molecule has 1 unspecified atom stereocenters. The molecule has 1 saturated heterocycles. The second-order valence-electron chi connectivity index (χ2n) is 8.48. The number of hydrogen-bond donors (Lipinski definition) is 2. The van der Waals surface area contributed by atoms with Crippen LogP contribution < -0.4 is 14.8 Å². The van der Waals surface area contributed by atoms with E-state index < -0.39 is 0 Å². The quantitative estimate of drug-likeness (QED) is 0.623. The molecule has 2 heterocycles. The summed E-state index contributed by atoms with van der Waals surface area (Å²) in [5, 5.41) is 15.6. The molecule has 3 aromatic carbocycles. The molecule has 6 nitrogen and oxygen atoms in total. The van der Waals surface area contributed by atoms with E-state index in [4.69, 9.17) is 9.47 Å². The highest BCUT2D eigenvalue weighted by Crippen LogP contribution is 2.33. The predicted octanol–water partition coefficient (Wildman–Crippen LogP) is 3.63. The molecule has 2 N–H and O–H groups in total. The third-order valence-electron chi connectivity index (χ3n) is 6.60. The second-order valence-corrected chi connectivity index (χ2v) is 8.48. The summed E-state index contributed by atoms with van der Waals surface area (Å²) < 4.78 is 10.7. The molecule has 0 aliphatic carbocycles. The largest absolute Gasteiger partial charge is 0.454 e. The number of fused-ring (bicyclic) bond motifs is 2. The highest BCUT2D eigenvalue weighted by atomic mass is 16.7. The lowest BCUT2D eigenvalue weighted by Crippen LogP contribution is -2.42. The van der Waals surface area contributed by atoms with Gasteiger partial charge in [-0.2, -0.15) is 0 Å². The Hall–Kier alpha value is -3.09. The third kappa shape index (κ3) is 4.16. The number of amides is 1. The van der Waals surface area contributed by atoms with Gasteiger partial charge in [0, 0.05) is 12.5 Å². The lowest BCUT2D eigenvalue weighted by molar-refractivity contribution is -0.126. The normalized spacial score (nSPS) is 17.4. The van der Waals surface area contributed by atoms with Gasteiger partial charge in [0.25, 0.3) is 0 Å². The molecule has 2 aliphatic rings. The minimum absolute atomic E-state index is 0.00730. The molecule has 32 heavy (non-hydrogen) atoms. The summed E-state index contributed by atoms with van der Waals surface area (Å²) in [5.74, 6) is 1.56. The van der Waals surface area contributed by atoms with Crippen molar-refractivity contribution in [1.29, 1.82) is 0 Å². The number of carbonyl (C=O) groups excluding carboxylic acids is 1. The lowest BCUT2D eigenvalue weighted by atomic mass is 9.92. The monoisotopic (exact) mass is 432 g/mol. The van der Waals surface area contributed by atoms with Crippen LogP contribution in [0.5, 0.6) is 11.5 Å². The zero-order valence-corrected chi connectivity index (χ0v) is 18.0. The fourth-order valence-electron chi connectivity index (χ4n) is 4.81. The zero-order valence-electron chi connectivity index (χ0n) is 18.0. The number of likely N-dealkylation sites (tertiary alicyclic amines) is 1. The Morgan fingerprint density at radius 2 is 1.81 bits per heavy atom. The summed E-state index contributed by atoms with van der Waals surface area (Å²) in [4.78, 5) is 15.1. The molecule has 0 spiro atoms. The maximum absolute atomic E-state index is 12.8. The van der Waals surface area contributed by atoms with E-state index in [1.165, 1.54) is 10.8 Å². The minimum atomic E-state index is -0.0567. The molecule has 5 rings (SSSR count). The maximum Gasteiger partial charge on any atom is 0.231 e. The molecule has 3 aromatic rings. The number of nitrogens with zero attached hydrogens (tertiary/aromatic N) is 1. The van der Waals surface area contributed by atoms with Crippen molar-refractivity contribution in [1.82, 2.24) is 10.2 Å². The van der Waals surface area contributed by atoms with Gasteiger partial charge in [0.05, 0.1) is 12.6 Å². The Labute approximate surface area is 187 Å². The van der Waals surface area contributed by atoms with Crippen LogP contribution in [0.3, 0.4) is 0 Å². The number of nitrogens with one attached hydrogen (secondary N) is 1. The maximum atomic E-state index is 12.8. The Morgan fingerprint density at radius 3 is 2.66 bits per heavy atom. The van der Waals surface area contributed by atoms with Crippen molar-refractivity contribution in [3.63, 3.8) is 0 Å². The first-order valence-electron chi connectivity index (χ1n) is 11.2. The fraction of sp³-hybridized carbons (Fsp3) is 0.346. The van der Waals surface area contributed by atoms with Crippen LogP contribution in [0, 0.1) is 5.92 Å². The highest BCUT2D eigenvalue weighted by molar-refractivity contribution is 5.86. The molecule has 2 aliphatic heterocycles. The van der Waals surface area contributed by atoms with Crippen molar-refractivity contribution < 1.29 is 19.4 Å². The van der Waals surface area contributed by atoms with E-state index >= 15 is 0 Å². The number of hydrogen-bond acceptors (Lipinski definition) is 5. The summed E-state index contributed by atoms with van der Waals surface area (Å²) in [5.41, 5.74) is 2.15. The standard InChI is InChI=1S/C26H28N2O4/c29-16-23(22-7-3-5-19-4-1-2-6-21(19)22)28-12-10-20(11-13-28)26(30)27-15-18-8-9-24-25(14-18)32-17-31-24/h1-9,14,20,23,29H,10-13,15-17H2,(H,27,30). The molecule has 6 heteroatoms. The summed E-state index contributed by atoms with van der Waals surface area (Å²) in [6, 6.07) is 20.2. The molecule has 1 fully saturated rings. The number of piperidine rings is 1. The summed E-state index contributed by atoms with van der Waals surface area (Å²) in [7, 11) is 0. The molecule has 166 valence electrons. The average molecular weight is 433 g/mol. The first-order valence-corrected chi connectivity index (χ1v) is 11.2. The van der Waals surface area contributed by atoms with Crippen molar-refractivity contribution in [2.75, 3.05) is 26.5 Å². The van der Waals surface area contributed by atoms with Crippen LogP contribution in [0.2, 0.25) is 0 Å². The predicted molar refractivity (Wildman–Crippen MR) is 122 cm³/mol. The Bertz CT molecular complexity index is 1100. The van der Waals surface area contributed by atoms with E-state index in [-0.39, 0.29) is 31.3 Å². The van der Waals surface area contributed by atoms with Crippen molar-refractivity contribution in [2.45, 2.75) is 25.4 Å². The van der Waals surface area contributed by atoms with Crippen LogP contribution >= 0.6 is 0 Å². The highest BCUT2D eigenvalue weighted by Gasteiger charge is 2.29. The van der Waals surface area contributed by atoms with E-state index in [9.17, 15) is 9.90 Å². The van der Waals surface area contributed by atoms with Crippen molar-refractivity contribution in [3.8, 4) is 11.5 Å². The molecule has 0 aromatic heterocycles. The van der Waals surface area contributed by atoms with Gasteiger partial charge in [0.1, 0.15) is 0 Å². The number of ether oxygens (including phenoxy) is 2. The van der Waals surface area contributed by atoms with Crippen LogP contribution in [0.25, 0.3) is 10.8 Å². The summed E-state index contributed by atoms with van der Waals surface area (Å²) in [6.07, 6.45) is 1.57. The van der Waals surface area contributed by atoms with Gasteiger partial charge in [-0.05, 0) is 60.0 Å². The molecule has 0 radical (unpaired) electrons. The van der Waals surface area contributed by atoms with Crippen LogP contribution in [-0.2, 0) is 11.3 Å². The third-order valence-corrected chi connectivity index (χ3v) is 6.60. The molecule has 0 saturated carbocycles. The van der Waals surface area contributed by atoms with Crippen molar-refractivity contribution in [3.05, 3.63) is 71.8 Å². The number of rotatable bonds is 6. The van der Waals surface area contributed by atoms with Crippen LogP contribution in [-0.4, -0.2) is 42.4 Å². The van der Waals surface area contributed by atoms with Gasteiger partial charge in [-0.25, -0.2) is 0 Å². The van der Waals surface area contributed by atoms with Gasteiger partial charge in [-0.1, -0.05) is 48.5 Å². The Morgan fingerprint density at radius 1 is 1.03 bits per heavy atom. The SMILES string of the molecule is O=C(NCc1ccc2c(c1)OCO2)C1CCN(C(CO)c2cccc3ccccc23)CC1. The summed E-state index contributed by atoms with van der Waals surface area (Å²) >= 11 is 0. The number of aliphatic hydroxyl groups is 1. The minimum Gasteiger partial charge on any atom is -0.454 e. The summed E-state index contributed by atoms with van der Waals surface area (Å²) in [6.45, 7) is 2.37. The Balaban J connectivity index is 1.19. The van der Waals surface area contributed by atoms with E-state index in [1.54, 1.807) is 0 Å². The van der Waals surface area contributed by atoms with E-state index in [2.05, 4.69) is 40.5 Å². The first kappa shape index (κ1) is 20.8. The second kappa shape index (κ2) is 9.18. The van der Waals surface area contributed by atoms with Crippen LogP contribution in [0.1, 0.15) is 30.0 Å². The lowest BCUT2D eigenvalue weighted by Gasteiger charge is -2.37. The van der Waals surface area contributed by atoms with E-state index in [0.717, 1.165) is 48.6 Å². The topological polar surface area (TPSA) is 71.0 Å². The fourth-order valence-corrected chi connectivity index (χ4v) is 4.81.